The number of aliphatic hydroxyl groups excluding tert-OH is 1. The Morgan fingerprint density at radius 1 is 1.55 bits per heavy atom. The van der Waals surface area contributed by atoms with Crippen molar-refractivity contribution in [3.63, 3.8) is 0 Å². The van der Waals surface area contributed by atoms with Crippen molar-refractivity contribution >= 4 is 0 Å². The molecule has 1 aliphatic carbocycles. The summed E-state index contributed by atoms with van der Waals surface area (Å²) < 4.78 is 1.94. The summed E-state index contributed by atoms with van der Waals surface area (Å²) >= 11 is 0. The molecule has 1 aromatic heterocycles. The fraction of sp³-hybridized carbons (Fsp3) is 0.812. The van der Waals surface area contributed by atoms with E-state index < -0.39 is 6.10 Å². The van der Waals surface area contributed by atoms with Crippen LogP contribution in [0, 0.1) is 5.92 Å². The Morgan fingerprint density at radius 3 is 2.90 bits per heavy atom. The molecule has 1 N–H and O–H groups in total. The van der Waals surface area contributed by atoms with E-state index in [9.17, 15) is 5.11 Å². The van der Waals surface area contributed by atoms with Crippen LogP contribution in [0.3, 0.4) is 0 Å². The van der Waals surface area contributed by atoms with E-state index in [1.54, 1.807) is 0 Å². The molecule has 2 rings (SSSR count). The molecule has 1 fully saturated rings. The number of hydrogen-bond acceptors (Lipinski definition) is 3. The minimum absolute atomic E-state index is 0.141. The van der Waals surface area contributed by atoms with Crippen LogP contribution in [0.25, 0.3) is 0 Å². The van der Waals surface area contributed by atoms with E-state index in [-0.39, 0.29) is 5.54 Å². The molecular formula is C16H29N3O. The number of hydrogen-bond donors (Lipinski definition) is 1. The van der Waals surface area contributed by atoms with Gasteiger partial charge in [-0.1, -0.05) is 26.7 Å². The van der Waals surface area contributed by atoms with Gasteiger partial charge in [-0.05, 0) is 39.3 Å². The summed E-state index contributed by atoms with van der Waals surface area (Å²) in [6.07, 6.45) is 9.05. The van der Waals surface area contributed by atoms with Gasteiger partial charge in [-0.15, -0.1) is 0 Å². The Morgan fingerprint density at radius 2 is 2.30 bits per heavy atom. The smallest absolute Gasteiger partial charge is 0.100 e. The molecule has 4 heteroatoms. The molecule has 4 nitrogen and oxygen atoms in total. The number of nitrogens with zero attached hydrogens (tertiary/aromatic N) is 3. The molecule has 0 spiro atoms. The molecule has 0 saturated heterocycles. The van der Waals surface area contributed by atoms with E-state index in [0.717, 1.165) is 31.4 Å². The van der Waals surface area contributed by atoms with Gasteiger partial charge in [0.05, 0.1) is 11.7 Å². The standard InChI is InChI=1S/C16H29N3O/c1-5-9-19-12-14(11-17-19)15(20)16(18(3)4)8-6-7-13(2)10-16/h11-13,15,20H,5-10H2,1-4H3. The molecule has 1 aromatic rings. The van der Waals surface area contributed by atoms with Gasteiger partial charge >= 0.3 is 0 Å². The molecule has 0 bridgehead atoms. The van der Waals surface area contributed by atoms with Crippen LogP contribution in [0.2, 0.25) is 0 Å². The highest BCUT2D eigenvalue weighted by molar-refractivity contribution is 5.16. The van der Waals surface area contributed by atoms with Gasteiger partial charge in [0.1, 0.15) is 6.10 Å². The Hall–Kier alpha value is -0.870. The molecule has 0 aromatic carbocycles. The van der Waals surface area contributed by atoms with Gasteiger partial charge in [-0.25, -0.2) is 0 Å². The molecule has 1 heterocycles. The maximum Gasteiger partial charge on any atom is 0.100 e. The van der Waals surface area contributed by atoms with Crippen LogP contribution in [0.5, 0.6) is 0 Å². The van der Waals surface area contributed by atoms with Crippen LogP contribution in [0.15, 0.2) is 12.4 Å². The minimum atomic E-state index is -0.453. The van der Waals surface area contributed by atoms with Crippen molar-refractivity contribution in [1.29, 1.82) is 0 Å². The highest BCUT2D eigenvalue weighted by Crippen LogP contribution is 2.43. The molecule has 1 saturated carbocycles. The van der Waals surface area contributed by atoms with E-state index >= 15 is 0 Å². The first-order valence-electron chi connectivity index (χ1n) is 7.87. The first-order valence-corrected chi connectivity index (χ1v) is 7.87. The predicted molar refractivity (Wildman–Crippen MR) is 81.5 cm³/mol. The molecule has 1 aliphatic rings. The lowest BCUT2D eigenvalue weighted by atomic mass is 9.71. The fourth-order valence-electron chi connectivity index (χ4n) is 3.65. The Bertz CT molecular complexity index is 429. The summed E-state index contributed by atoms with van der Waals surface area (Å²) in [6, 6.07) is 0. The van der Waals surface area contributed by atoms with Crippen LogP contribution >= 0.6 is 0 Å². The maximum absolute atomic E-state index is 11.0. The van der Waals surface area contributed by atoms with Gasteiger partial charge in [-0.2, -0.15) is 5.10 Å². The lowest BCUT2D eigenvalue weighted by Gasteiger charge is -2.48. The molecule has 20 heavy (non-hydrogen) atoms. The fourth-order valence-corrected chi connectivity index (χ4v) is 3.65. The first-order chi connectivity index (χ1) is 9.49. The van der Waals surface area contributed by atoms with Crippen molar-refractivity contribution in [3.8, 4) is 0 Å². The van der Waals surface area contributed by atoms with E-state index in [4.69, 9.17) is 0 Å². The lowest BCUT2D eigenvalue weighted by Crippen LogP contribution is -2.52. The number of aryl methyl sites for hydroxylation is 1. The summed E-state index contributed by atoms with van der Waals surface area (Å²) in [5.74, 6) is 0.673. The van der Waals surface area contributed by atoms with E-state index in [1.807, 2.05) is 17.1 Å². The lowest BCUT2D eigenvalue weighted by molar-refractivity contribution is -0.0451. The monoisotopic (exact) mass is 279 g/mol. The summed E-state index contributed by atoms with van der Waals surface area (Å²) in [6.45, 7) is 5.35. The van der Waals surface area contributed by atoms with Gasteiger partial charge in [0.2, 0.25) is 0 Å². The zero-order chi connectivity index (χ0) is 14.8. The van der Waals surface area contributed by atoms with Crippen molar-refractivity contribution < 1.29 is 5.11 Å². The highest BCUT2D eigenvalue weighted by atomic mass is 16.3. The number of likely N-dealkylation sites (N-methyl/N-ethyl adjacent to an activating group) is 1. The van der Waals surface area contributed by atoms with E-state index in [2.05, 4.69) is 37.9 Å². The van der Waals surface area contributed by atoms with Gasteiger partial charge in [0.15, 0.2) is 0 Å². The molecule has 3 atom stereocenters. The third-order valence-electron chi connectivity index (χ3n) is 4.83. The Labute approximate surface area is 122 Å². The van der Waals surface area contributed by atoms with Crippen LogP contribution in [-0.2, 0) is 6.54 Å². The van der Waals surface area contributed by atoms with Crippen LogP contribution < -0.4 is 0 Å². The van der Waals surface area contributed by atoms with Crippen LogP contribution in [-0.4, -0.2) is 39.4 Å². The molecule has 0 aliphatic heterocycles. The Balaban J connectivity index is 2.23. The van der Waals surface area contributed by atoms with Crippen molar-refractivity contribution in [1.82, 2.24) is 14.7 Å². The zero-order valence-electron chi connectivity index (χ0n) is 13.3. The van der Waals surface area contributed by atoms with Crippen LogP contribution in [0.1, 0.15) is 57.6 Å². The molecule has 0 amide bonds. The summed E-state index contributed by atoms with van der Waals surface area (Å²) in [5.41, 5.74) is 0.818. The molecule has 0 radical (unpaired) electrons. The predicted octanol–water partition coefficient (Wildman–Crippen LogP) is 2.84. The Kier molecular flexibility index (Phi) is 4.86. The van der Waals surface area contributed by atoms with Gasteiger partial charge < -0.3 is 10.0 Å². The zero-order valence-corrected chi connectivity index (χ0v) is 13.3. The maximum atomic E-state index is 11.0. The second-order valence-electron chi connectivity index (χ2n) is 6.64. The third kappa shape index (κ3) is 2.91. The minimum Gasteiger partial charge on any atom is -0.386 e. The van der Waals surface area contributed by atoms with Gasteiger partial charge in [-0.3, -0.25) is 4.68 Å². The second-order valence-corrected chi connectivity index (χ2v) is 6.64. The van der Waals surface area contributed by atoms with E-state index in [0.29, 0.717) is 5.92 Å². The third-order valence-corrected chi connectivity index (χ3v) is 4.83. The molecular weight excluding hydrogens is 250 g/mol. The number of aromatic nitrogens is 2. The molecule has 3 unspecified atom stereocenters. The first kappa shape index (κ1) is 15.5. The van der Waals surface area contributed by atoms with Crippen molar-refractivity contribution in [2.45, 2.75) is 64.1 Å². The molecule has 114 valence electrons. The number of rotatable bonds is 5. The largest absolute Gasteiger partial charge is 0.386 e. The summed E-state index contributed by atoms with van der Waals surface area (Å²) in [7, 11) is 4.19. The number of aliphatic hydroxyl groups is 1. The average molecular weight is 279 g/mol. The van der Waals surface area contributed by atoms with Crippen molar-refractivity contribution in [2.75, 3.05) is 14.1 Å². The van der Waals surface area contributed by atoms with Gasteiger partial charge in [0.25, 0.3) is 0 Å². The second kappa shape index (κ2) is 6.27. The highest BCUT2D eigenvalue weighted by Gasteiger charge is 2.44. The average Bonchev–Trinajstić information content (AvgIpc) is 2.86. The quantitative estimate of drug-likeness (QED) is 0.901. The SMILES string of the molecule is CCCn1cc(C(O)C2(N(C)C)CCCC(C)C2)cn1. The van der Waals surface area contributed by atoms with Gasteiger partial charge in [0, 0.05) is 18.3 Å². The van der Waals surface area contributed by atoms with Crippen LogP contribution in [0.4, 0.5) is 0 Å². The summed E-state index contributed by atoms with van der Waals surface area (Å²) in [5, 5.41) is 15.3. The van der Waals surface area contributed by atoms with Crippen molar-refractivity contribution in [2.24, 2.45) is 5.92 Å². The van der Waals surface area contributed by atoms with Crippen molar-refractivity contribution in [3.05, 3.63) is 18.0 Å². The normalized spacial score (nSPS) is 28.8. The van der Waals surface area contributed by atoms with E-state index in [1.165, 1.54) is 12.8 Å². The topological polar surface area (TPSA) is 41.3 Å². The summed E-state index contributed by atoms with van der Waals surface area (Å²) in [4.78, 5) is 2.23.